The van der Waals surface area contributed by atoms with Crippen molar-refractivity contribution in [2.24, 2.45) is 5.73 Å². The summed E-state index contributed by atoms with van der Waals surface area (Å²) in [5.74, 6) is -0.524. The fourth-order valence-corrected chi connectivity index (χ4v) is 1.64. The van der Waals surface area contributed by atoms with Gasteiger partial charge in [0.15, 0.2) is 0 Å². The van der Waals surface area contributed by atoms with Crippen molar-refractivity contribution in [2.45, 2.75) is 0 Å². The Balaban J connectivity index is 2.26. The first-order chi connectivity index (χ1) is 6.77. The number of aromatic nitrogens is 1. The highest BCUT2D eigenvalue weighted by Gasteiger charge is 2.10. The minimum absolute atomic E-state index is 0.261. The third-order valence-electron chi connectivity index (χ3n) is 1.66. The quantitative estimate of drug-likeness (QED) is 0.697. The van der Waals surface area contributed by atoms with Crippen molar-refractivity contribution in [1.82, 2.24) is 10.4 Å². The number of amides is 1. The Kier molecular flexibility index (Phi) is 2.28. The number of hydrogen-bond donors (Lipinski definition) is 2. The molecule has 0 aliphatic carbocycles. The number of primary amides is 1. The maximum Gasteiger partial charge on any atom is 0.267 e. The number of nitrogens with zero attached hydrogens (tertiary/aromatic N) is 2. The Bertz CT molecular complexity index is 385. The molecule has 0 bridgehead atoms. The lowest BCUT2D eigenvalue weighted by atomic mass is 10.3. The Morgan fingerprint density at radius 3 is 3.14 bits per heavy atom. The van der Waals surface area contributed by atoms with E-state index in [1.54, 1.807) is 28.9 Å². The van der Waals surface area contributed by atoms with Crippen LogP contribution in [0.25, 0.3) is 0 Å². The number of pyridine rings is 1. The van der Waals surface area contributed by atoms with E-state index in [9.17, 15) is 4.79 Å². The van der Waals surface area contributed by atoms with Gasteiger partial charge < -0.3 is 5.73 Å². The zero-order valence-corrected chi connectivity index (χ0v) is 7.99. The Hall–Kier alpha value is -1.69. The average molecular weight is 208 g/mol. The zero-order chi connectivity index (χ0) is 9.97. The van der Waals surface area contributed by atoms with Gasteiger partial charge in [0.25, 0.3) is 5.91 Å². The number of anilines is 1. The van der Waals surface area contributed by atoms with Crippen LogP contribution in [-0.2, 0) is 0 Å². The van der Waals surface area contributed by atoms with Crippen LogP contribution in [0.3, 0.4) is 0 Å². The molecule has 1 aliphatic heterocycles. The van der Waals surface area contributed by atoms with E-state index in [1.165, 1.54) is 11.9 Å². The van der Waals surface area contributed by atoms with Crippen molar-refractivity contribution in [2.75, 3.05) is 4.41 Å². The number of nitrogens with one attached hydrogen (secondary N) is 1. The van der Waals surface area contributed by atoms with E-state index < -0.39 is 5.91 Å². The molecule has 1 aromatic heterocycles. The molecule has 0 spiro atoms. The second kappa shape index (κ2) is 3.59. The molecule has 6 heteroatoms. The highest BCUT2D eigenvalue weighted by Crippen LogP contribution is 2.23. The summed E-state index contributed by atoms with van der Waals surface area (Å²) in [5, 5.41) is 1.89. The molecule has 1 amide bonds. The Morgan fingerprint density at radius 2 is 2.50 bits per heavy atom. The second-order valence-electron chi connectivity index (χ2n) is 2.60. The summed E-state index contributed by atoms with van der Waals surface area (Å²) in [7, 11) is 0. The number of hydrazine groups is 1. The number of nitrogens with two attached hydrogens (primary N) is 1. The van der Waals surface area contributed by atoms with Gasteiger partial charge in [-0.1, -0.05) is 0 Å². The highest BCUT2D eigenvalue weighted by atomic mass is 32.2. The Labute approximate surface area is 85.1 Å². The van der Waals surface area contributed by atoms with Crippen LogP contribution in [0.4, 0.5) is 5.69 Å². The Morgan fingerprint density at radius 1 is 1.64 bits per heavy atom. The number of carbonyl (C=O) groups is 1. The molecule has 2 heterocycles. The van der Waals surface area contributed by atoms with Crippen molar-refractivity contribution in [1.29, 1.82) is 0 Å². The molecule has 1 aliphatic rings. The van der Waals surface area contributed by atoms with E-state index in [-0.39, 0.29) is 5.69 Å². The van der Waals surface area contributed by atoms with Crippen LogP contribution < -0.4 is 15.6 Å². The molecule has 2 rings (SSSR count). The molecule has 0 radical (unpaired) electrons. The van der Waals surface area contributed by atoms with Gasteiger partial charge in [-0.3, -0.25) is 15.2 Å². The third kappa shape index (κ3) is 1.64. The van der Waals surface area contributed by atoms with Crippen molar-refractivity contribution in [3.05, 3.63) is 35.6 Å². The number of carbonyl (C=O) groups excluding carboxylic acids is 1. The topological polar surface area (TPSA) is 71.2 Å². The molecule has 0 saturated heterocycles. The standard InChI is InChI=1S/C8H8N4OS/c9-8(13)7-5-6(1-2-10-7)12-11-3-4-14-12/h1-5,11H,(H2,9,13). The third-order valence-corrected chi connectivity index (χ3v) is 2.44. The first-order valence-electron chi connectivity index (χ1n) is 3.91. The molecule has 0 saturated carbocycles. The van der Waals surface area contributed by atoms with Crippen LogP contribution in [-0.4, -0.2) is 10.9 Å². The van der Waals surface area contributed by atoms with Gasteiger partial charge in [-0.25, -0.2) is 4.41 Å². The fraction of sp³-hybridized carbons (Fsp3) is 0. The van der Waals surface area contributed by atoms with E-state index in [2.05, 4.69) is 10.4 Å². The molecule has 14 heavy (non-hydrogen) atoms. The number of hydrogen-bond acceptors (Lipinski definition) is 5. The molecule has 72 valence electrons. The SMILES string of the molecule is NC(=O)c1cc(N2NC=CS2)ccn1. The van der Waals surface area contributed by atoms with E-state index in [0.717, 1.165) is 5.69 Å². The van der Waals surface area contributed by atoms with Crippen molar-refractivity contribution >= 4 is 23.5 Å². The summed E-state index contributed by atoms with van der Waals surface area (Å²) in [6.45, 7) is 0. The van der Waals surface area contributed by atoms with Crippen LogP contribution in [0.15, 0.2) is 29.9 Å². The molecule has 5 nitrogen and oxygen atoms in total. The normalized spacial score (nSPS) is 14.1. The predicted molar refractivity (Wildman–Crippen MR) is 55.1 cm³/mol. The lowest BCUT2D eigenvalue weighted by Gasteiger charge is -2.16. The lowest BCUT2D eigenvalue weighted by Crippen LogP contribution is -2.23. The molecule has 0 unspecified atom stereocenters. The zero-order valence-electron chi connectivity index (χ0n) is 7.18. The average Bonchev–Trinajstić information content (AvgIpc) is 2.71. The van der Waals surface area contributed by atoms with Gasteiger partial charge in [0, 0.05) is 29.8 Å². The largest absolute Gasteiger partial charge is 0.364 e. The second-order valence-corrected chi connectivity index (χ2v) is 3.44. The van der Waals surface area contributed by atoms with Crippen molar-refractivity contribution in [3.63, 3.8) is 0 Å². The van der Waals surface area contributed by atoms with Crippen LogP contribution in [0, 0.1) is 0 Å². The molecule has 3 N–H and O–H groups in total. The first-order valence-corrected chi connectivity index (χ1v) is 4.75. The van der Waals surface area contributed by atoms with Gasteiger partial charge in [0.1, 0.15) is 5.69 Å². The van der Waals surface area contributed by atoms with Crippen molar-refractivity contribution < 1.29 is 4.79 Å². The summed E-state index contributed by atoms with van der Waals surface area (Å²) in [6, 6.07) is 3.43. The first kappa shape index (κ1) is 8.89. The van der Waals surface area contributed by atoms with Crippen LogP contribution >= 0.6 is 11.9 Å². The van der Waals surface area contributed by atoms with Crippen LogP contribution in [0.5, 0.6) is 0 Å². The minimum atomic E-state index is -0.524. The molecule has 1 aromatic rings. The highest BCUT2D eigenvalue weighted by molar-refractivity contribution is 8.03. The molecular weight excluding hydrogens is 200 g/mol. The van der Waals surface area contributed by atoms with Gasteiger partial charge in [-0.05, 0) is 12.1 Å². The maximum atomic E-state index is 10.9. The van der Waals surface area contributed by atoms with E-state index >= 15 is 0 Å². The predicted octanol–water partition coefficient (Wildman–Crippen LogP) is 0.625. The maximum absolute atomic E-state index is 10.9. The van der Waals surface area contributed by atoms with Gasteiger partial charge in [0.05, 0.1) is 5.69 Å². The smallest absolute Gasteiger partial charge is 0.267 e. The fourth-order valence-electron chi connectivity index (χ4n) is 1.04. The minimum Gasteiger partial charge on any atom is -0.364 e. The van der Waals surface area contributed by atoms with Gasteiger partial charge in [0.2, 0.25) is 0 Å². The van der Waals surface area contributed by atoms with E-state index in [4.69, 9.17) is 5.73 Å². The van der Waals surface area contributed by atoms with Crippen LogP contribution in [0.2, 0.25) is 0 Å². The van der Waals surface area contributed by atoms with E-state index in [0.29, 0.717) is 0 Å². The molecule has 0 atom stereocenters. The van der Waals surface area contributed by atoms with Gasteiger partial charge in [-0.2, -0.15) is 0 Å². The molecule has 0 aromatic carbocycles. The summed E-state index contributed by atoms with van der Waals surface area (Å²) in [6.07, 6.45) is 3.35. The summed E-state index contributed by atoms with van der Waals surface area (Å²) in [5.41, 5.74) is 9.19. The lowest BCUT2D eigenvalue weighted by molar-refractivity contribution is 0.0995. The van der Waals surface area contributed by atoms with Crippen LogP contribution in [0.1, 0.15) is 10.5 Å². The molecular formula is C8H8N4OS. The molecule has 0 fully saturated rings. The summed E-state index contributed by atoms with van der Waals surface area (Å²) in [4.78, 5) is 14.7. The monoisotopic (exact) mass is 208 g/mol. The van der Waals surface area contributed by atoms with E-state index in [1.807, 2.05) is 5.41 Å². The van der Waals surface area contributed by atoms with Gasteiger partial charge in [-0.15, -0.1) is 0 Å². The van der Waals surface area contributed by atoms with Crippen molar-refractivity contribution in [3.8, 4) is 0 Å². The summed E-state index contributed by atoms with van der Waals surface area (Å²) >= 11 is 1.48. The van der Waals surface area contributed by atoms with Gasteiger partial charge >= 0.3 is 0 Å². The number of rotatable bonds is 2. The summed E-state index contributed by atoms with van der Waals surface area (Å²) < 4.78 is 1.80.